The van der Waals surface area contributed by atoms with Crippen LogP contribution in [0.2, 0.25) is 0 Å². The van der Waals surface area contributed by atoms with Crippen molar-refractivity contribution in [3.8, 4) is 0 Å². The number of hydrogen-bond acceptors (Lipinski definition) is 1. The molecule has 0 spiro atoms. The number of hydrogen-bond donors (Lipinski definition) is 0. The van der Waals surface area contributed by atoms with Gasteiger partial charge < -0.3 is 0 Å². The van der Waals surface area contributed by atoms with Gasteiger partial charge in [-0.05, 0) is 38.5 Å². The molecule has 0 atom stereocenters. The fraction of sp³-hybridized carbons (Fsp3) is 0.375. The Kier molecular flexibility index (Phi) is 3.74. The summed E-state index contributed by atoms with van der Waals surface area (Å²) in [6, 6.07) is 4.15. The average molecular weight is 187 g/mol. The molecular formula is C8H11NZn. The van der Waals surface area contributed by atoms with Crippen LogP contribution < -0.4 is 0 Å². The van der Waals surface area contributed by atoms with Crippen molar-refractivity contribution >= 4 is 0 Å². The molecule has 1 aromatic rings. The monoisotopic (exact) mass is 185 g/mol. The van der Waals surface area contributed by atoms with E-state index < -0.39 is 0 Å². The van der Waals surface area contributed by atoms with E-state index >= 15 is 0 Å². The molecule has 0 unspecified atom stereocenters. The second-order valence-corrected chi connectivity index (χ2v) is 2.43. The topological polar surface area (TPSA) is 12.9 Å². The third-order valence-corrected chi connectivity index (χ3v) is 1.23. The normalized spacial score (nSPS) is 8.70. The summed E-state index contributed by atoms with van der Waals surface area (Å²) in [7, 11) is 0. The fourth-order valence-corrected chi connectivity index (χ4v) is 1.04. The summed E-state index contributed by atoms with van der Waals surface area (Å²) in [5.74, 6) is 0. The summed E-state index contributed by atoms with van der Waals surface area (Å²) in [6.07, 6.45) is 0. The van der Waals surface area contributed by atoms with E-state index in [0.717, 1.165) is 11.4 Å². The minimum atomic E-state index is 0. The van der Waals surface area contributed by atoms with Crippen LogP contribution in [-0.2, 0) is 19.5 Å². The SMILES string of the molecule is Cc1cc(C)nc(C)c1.[Zn]. The van der Waals surface area contributed by atoms with Gasteiger partial charge >= 0.3 is 0 Å². The maximum atomic E-state index is 4.23. The Morgan fingerprint density at radius 1 is 1.00 bits per heavy atom. The molecule has 0 fully saturated rings. The Balaban J connectivity index is 0.000000810. The Labute approximate surface area is 74.6 Å². The molecule has 1 nitrogen and oxygen atoms in total. The second-order valence-electron chi connectivity index (χ2n) is 2.43. The molecule has 1 rings (SSSR count). The van der Waals surface area contributed by atoms with Gasteiger partial charge in [0, 0.05) is 30.9 Å². The molecule has 0 aromatic carbocycles. The van der Waals surface area contributed by atoms with Crippen molar-refractivity contribution in [1.29, 1.82) is 0 Å². The van der Waals surface area contributed by atoms with Gasteiger partial charge in [0.25, 0.3) is 0 Å². The van der Waals surface area contributed by atoms with E-state index in [1.165, 1.54) is 5.56 Å². The van der Waals surface area contributed by atoms with Crippen LogP contribution in [0, 0.1) is 20.8 Å². The summed E-state index contributed by atoms with van der Waals surface area (Å²) in [4.78, 5) is 4.23. The zero-order chi connectivity index (χ0) is 6.85. The Hall–Kier alpha value is -0.227. The van der Waals surface area contributed by atoms with E-state index in [-0.39, 0.29) is 19.5 Å². The zero-order valence-electron chi connectivity index (χ0n) is 6.81. The molecule has 0 aliphatic rings. The van der Waals surface area contributed by atoms with Crippen LogP contribution in [0.3, 0.4) is 0 Å². The minimum absolute atomic E-state index is 0. The molecule has 0 amide bonds. The van der Waals surface area contributed by atoms with Crippen LogP contribution >= 0.6 is 0 Å². The van der Waals surface area contributed by atoms with Crippen LogP contribution in [0.5, 0.6) is 0 Å². The maximum Gasteiger partial charge on any atom is 0.0378 e. The number of aryl methyl sites for hydroxylation is 3. The van der Waals surface area contributed by atoms with Crippen molar-refractivity contribution in [1.82, 2.24) is 4.98 Å². The molecule has 2 heteroatoms. The van der Waals surface area contributed by atoms with Gasteiger partial charge in [-0.3, -0.25) is 4.98 Å². The summed E-state index contributed by atoms with van der Waals surface area (Å²) >= 11 is 0. The molecule has 0 N–H and O–H groups in total. The first-order chi connectivity index (χ1) is 4.18. The van der Waals surface area contributed by atoms with Crippen LogP contribution in [0.25, 0.3) is 0 Å². The molecule has 0 saturated carbocycles. The first-order valence-corrected chi connectivity index (χ1v) is 3.10. The van der Waals surface area contributed by atoms with Crippen molar-refractivity contribution in [2.75, 3.05) is 0 Å². The standard InChI is InChI=1S/C8H11N.Zn/c1-6-4-7(2)9-8(3)5-6;/h4-5H,1-3H3;. The van der Waals surface area contributed by atoms with Gasteiger partial charge in [0.05, 0.1) is 0 Å². The third kappa shape index (κ3) is 2.57. The zero-order valence-corrected chi connectivity index (χ0v) is 9.78. The summed E-state index contributed by atoms with van der Waals surface area (Å²) in [6.45, 7) is 6.11. The molecule has 0 aliphatic carbocycles. The average Bonchev–Trinajstić information content (AvgIpc) is 1.59. The van der Waals surface area contributed by atoms with Crippen molar-refractivity contribution in [2.24, 2.45) is 0 Å². The predicted molar refractivity (Wildman–Crippen MR) is 38.4 cm³/mol. The Morgan fingerprint density at radius 2 is 1.40 bits per heavy atom. The first-order valence-electron chi connectivity index (χ1n) is 3.10. The molecule has 10 heavy (non-hydrogen) atoms. The van der Waals surface area contributed by atoms with E-state index in [4.69, 9.17) is 0 Å². The van der Waals surface area contributed by atoms with Gasteiger partial charge in [-0.2, -0.15) is 0 Å². The van der Waals surface area contributed by atoms with E-state index in [0.29, 0.717) is 0 Å². The summed E-state index contributed by atoms with van der Waals surface area (Å²) in [5, 5.41) is 0. The van der Waals surface area contributed by atoms with Gasteiger partial charge in [0.2, 0.25) is 0 Å². The number of aromatic nitrogens is 1. The van der Waals surface area contributed by atoms with Gasteiger partial charge in [-0.15, -0.1) is 0 Å². The Morgan fingerprint density at radius 3 is 1.70 bits per heavy atom. The largest absolute Gasteiger partial charge is 0.258 e. The molecule has 0 bridgehead atoms. The molecule has 1 aromatic heterocycles. The van der Waals surface area contributed by atoms with E-state index in [2.05, 4.69) is 24.0 Å². The number of nitrogens with zero attached hydrogens (tertiary/aromatic N) is 1. The summed E-state index contributed by atoms with van der Waals surface area (Å²) < 4.78 is 0. The fourth-order valence-electron chi connectivity index (χ4n) is 1.04. The maximum absolute atomic E-state index is 4.23. The van der Waals surface area contributed by atoms with Crippen molar-refractivity contribution in [3.05, 3.63) is 29.1 Å². The van der Waals surface area contributed by atoms with Crippen LogP contribution in [0.1, 0.15) is 17.0 Å². The molecular weight excluding hydrogens is 175 g/mol. The van der Waals surface area contributed by atoms with E-state index in [1.54, 1.807) is 0 Å². The third-order valence-electron chi connectivity index (χ3n) is 1.23. The van der Waals surface area contributed by atoms with Crippen molar-refractivity contribution < 1.29 is 19.5 Å². The van der Waals surface area contributed by atoms with Crippen LogP contribution in [0.4, 0.5) is 0 Å². The molecule has 0 saturated heterocycles. The van der Waals surface area contributed by atoms with Crippen molar-refractivity contribution in [2.45, 2.75) is 20.8 Å². The second kappa shape index (κ2) is 3.82. The summed E-state index contributed by atoms with van der Waals surface area (Å²) in [5.41, 5.74) is 3.50. The molecule has 1 heterocycles. The molecule has 0 aliphatic heterocycles. The van der Waals surface area contributed by atoms with Gasteiger partial charge in [-0.25, -0.2) is 0 Å². The molecule has 50 valence electrons. The van der Waals surface area contributed by atoms with Gasteiger partial charge in [0.1, 0.15) is 0 Å². The van der Waals surface area contributed by atoms with E-state index in [9.17, 15) is 0 Å². The number of rotatable bonds is 0. The Bertz CT molecular complexity index is 170. The first kappa shape index (κ1) is 9.77. The van der Waals surface area contributed by atoms with Gasteiger partial charge in [-0.1, -0.05) is 0 Å². The molecule has 0 radical (unpaired) electrons. The minimum Gasteiger partial charge on any atom is -0.258 e. The van der Waals surface area contributed by atoms with Crippen LogP contribution in [-0.4, -0.2) is 4.98 Å². The van der Waals surface area contributed by atoms with E-state index in [1.807, 2.05) is 13.8 Å². The predicted octanol–water partition coefficient (Wildman–Crippen LogP) is 2.00. The smallest absolute Gasteiger partial charge is 0.0378 e. The van der Waals surface area contributed by atoms with Gasteiger partial charge in [0.15, 0.2) is 0 Å². The van der Waals surface area contributed by atoms with Crippen LogP contribution in [0.15, 0.2) is 12.1 Å². The number of pyridine rings is 1. The van der Waals surface area contributed by atoms with Crippen molar-refractivity contribution in [3.63, 3.8) is 0 Å². The quantitative estimate of drug-likeness (QED) is 0.565.